The number of carbonyl (C=O) groups is 2. The number of carbonyl (C=O) groups excluding carboxylic acids is 2. The molecule has 0 saturated heterocycles. The molecule has 0 aliphatic heterocycles. The highest BCUT2D eigenvalue weighted by Gasteiger charge is 2.19. The van der Waals surface area contributed by atoms with Crippen molar-refractivity contribution in [2.75, 3.05) is 17.3 Å². The van der Waals surface area contributed by atoms with E-state index < -0.39 is 11.6 Å². The van der Waals surface area contributed by atoms with Crippen molar-refractivity contribution in [3.63, 3.8) is 0 Å². The van der Waals surface area contributed by atoms with E-state index in [0.717, 1.165) is 0 Å². The Labute approximate surface area is 211 Å². The third-order valence-corrected chi connectivity index (χ3v) is 6.21. The van der Waals surface area contributed by atoms with Gasteiger partial charge in [-0.05, 0) is 68.4 Å². The molecular weight excluding hydrogens is 474 g/mol. The summed E-state index contributed by atoms with van der Waals surface area (Å²) in [4.78, 5) is 36.6. The summed E-state index contributed by atoms with van der Waals surface area (Å²) in [7, 11) is 1.63. The molecule has 0 aliphatic rings. The monoisotopic (exact) mass is 496 g/mol. The second-order valence-electron chi connectivity index (χ2n) is 8.79. The maximum absolute atomic E-state index is 13.6. The highest BCUT2D eigenvalue weighted by molar-refractivity contribution is 6.09. The summed E-state index contributed by atoms with van der Waals surface area (Å²) < 4.78 is 27.1. The lowest BCUT2D eigenvalue weighted by Crippen LogP contribution is -2.27. The van der Waals surface area contributed by atoms with Crippen LogP contribution in [0.5, 0.6) is 0 Å². The van der Waals surface area contributed by atoms with Crippen LogP contribution in [-0.4, -0.2) is 28.8 Å². The fourth-order valence-corrected chi connectivity index (χ4v) is 4.21. The van der Waals surface area contributed by atoms with E-state index in [9.17, 15) is 18.4 Å². The maximum atomic E-state index is 13.6. The third-order valence-electron chi connectivity index (χ3n) is 6.21. The molecule has 2 amide bonds. The Morgan fingerprint density at radius 2 is 1.32 bits per heavy atom. The zero-order valence-electron chi connectivity index (χ0n) is 20.3. The summed E-state index contributed by atoms with van der Waals surface area (Å²) in [6, 6.07) is 18.7. The Hall–Kier alpha value is -4.72. The Kier molecular flexibility index (Phi) is 6.09. The standard InChI is InChI=1S/C29H22F2N4O2/c1-16-24(11-18-7-9-20(30)13-26(18)32-16)28(36)34-22-5-4-6-23(15-22)35(3)29(37)25-12-19-8-10-21(31)14-27(19)33-17(25)2/h4-15H,1-3H3,(H,34,36). The van der Waals surface area contributed by atoms with E-state index in [1.54, 1.807) is 69.4 Å². The smallest absolute Gasteiger partial charge is 0.259 e. The summed E-state index contributed by atoms with van der Waals surface area (Å²) in [5.41, 5.74) is 3.71. The number of aryl methyl sites for hydroxylation is 2. The van der Waals surface area contributed by atoms with Crippen LogP contribution in [0.4, 0.5) is 20.2 Å². The molecule has 0 unspecified atom stereocenters. The Bertz CT molecular complexity index is 1720. The lowest BCUT2D eigenvalue weighted by molar-refractivity contribution is 0.0990. The topological polar surface area (TPSA) is 75.2 Å². The van der Waals surface area contributed by atoms with Crippen molar-refractivity contribution in [1.29, 1.82) is 0 Å². The molecule has 0 bridgehead atoms. The van der Waals surface area contributed by atoms with E-state index >= 15 is 0 Å². The van der Waals surface area contributed by atoms with Gasteiger partial charge < -0.3 is 10.2 Å². The van der Waals surface area contributed by atoms with Gasteiger partial charge >= 0.3 is 0 Å². The van der Waals surface area contributed by atoms with Gasteiger partial charge in [0.15, 0.2) is 0 Å². The first-order valence-corrected chi connectivity index (χ1v) is 11.5. The summed E-state index contributed by atoms with van der Waals surface area (Å²) >= 11 is 0. The summed E-state index contributed by atoms with van der Waals surface area (Å²) in [6.45, 7) is 3.40. The number of rotatable bonds is 4. The van der Waals surface area contributed by atoms with Crippen LogP contribution in [0, 0.1) is 25.5 Å². The van der Waals surface area contributed by atoms with E-state index in [0.29, 0.717) is 55.7 Å². The molecule has 0 spiro atoms. The molecule has 5 rings (SSSR count). The predicted octanol–water partition coefficient (Wildman–Crippen LogP) is 6.21. The van der Waals surface area contributed by atoms with E-state index in [4.69, 9.17) is 0 Å². The average molecular weight is 497 g/mol. The van der Waals surface area contributed by atoms with Crippen molar-refractivity contribution in [2.45, 2.75) is 13.8 Å². The lowest BCUT2D eigenvalue weighted by atomic mass is 10.1. The number of pyridine rings is 2. The zero-order valence-corrected chi connectivity index (χ0v) is 20.3. The van der Waals surface area contributed by atoms with Gasteiger partial charge in [-0.2, -0.15) is 0 Å². The molecule has 37 heavy (non-hydrogen) atoms. The van der Waals surface area contributed by atoms with Crippen LogP contribution in [0.2, 0.25) is 0 Å². The first-order valence-electron chi connectivity index (χ1n) is 11.5. The number of nitrogens with zero attached hydrogens (tertiary/aromatic N) is 3. The maximum Gasteiger partial charge on any atom is 0.259 e. The summed E-state index contributed by atoms with van der Waals surface area (Å²) in [5, 5.41) is 4.16. The number of benzene rings is 3. The van der Waals surface area contributed by atoms with Crippen LogP contribution < -0.4 is 10.2 Å². The minimum atomic E-state index is -0.393. The van der Waals surface area contributed by atoms with Gasteiger partial charge in [0.05, 0.1) is 33.5 Å². The van der Waals surface area contributed by atoms with Crippen molar-refractivity contribution in [3.8, 4) is 0 Å². The molecule has 8 heteroatoms. The minimum Gasteiger partial charge on any atom is -0.322 e. The molecule has 0 saturated carbocycles. The highest BCUT2D eigenvalue weighted by Crippen LogP contribution is 2.25. The van der Waals surface area contributed by atoms with E-state index in [1.165, 1.54) is 29.2 Å². The van der Waals surface area contributed by atoms with E-state index in [1.807, 2.05) is 0 Å². The molecule has 2 heterocycles. The van der Waals surface area contributed by atoms with Gasteiger partial charge in [0, 0.05) is 41.3 Å². The fourth-order valence-electron chi connectivity index (χ4n) is 4.21. The summed E-state index contributed by atoms with van der Waals surface area (Å²) in [6.07, 6.45) is 0. The predicted molar refractivity (Wildman–Crippen MR) is 140 cm³/mol. The van der Waals surface area contributed by atoms with Crippen LogP contribution >= 0.6 is 0 Å². The van der Waals surface area contributed by atoms with Crippen LogP contribution in [0.3, 0.4) is 0 Å². The molecule has 2 aromatic heterocycles. The van der Waals surface area contributed by atoms with Crippen LogP contribution in [0.25, 0.3) is 21.8 Å². The molecule has 6 nitrogen and oxygen atoms in total. The zero-order chi connectivity index (χ0) is 26.3. The Morgan fingerprint density at radius 1 is 0.757 bits per heavy atom. The number of halogens is 2. The second kappa shape index (κ2) is 9.39. The van der Waals surface area contributed by atoms with Crippen molar-refractivity contribution in [2.24, 2.45) is 0 Å². The number of fused-ring (bicyclic) bond motifs is 2. The second-order valence-corrected chi connectivity index (χ2v) is 8.79. The fraction of sp³-hybridized carbons (Fsp3) is 0.103. The first kappa shape index (κ1) is 24.0. The number of anilines is 2. The summed E-state index contributed by atoms with van der Waals surface area (Å²) in [5.74, 6) is -1.45. The van der Waals surface area contributed by atoms with Crippen molar-refractivity contribution in [1.82, 2.24) is 9.97 Å². The number of aromatic nitrogens is 2. The van der Waals surface area contributed by atoms with Crippen molar-refractivity contribution in [3.05, 3.63) is 107 Å². The van der Waals surface area contributed by atoms with Gasteiger partial charge in [0.2, 0.25) is 0 Å². The van der Waals surface area contributed by atoms with Crippen molar-refractivity contribution >= 4 is 45.0 Å². The van der Waals surface area contributed by atoms with Gasteiger partial charge in [0.1, 0.15) is 11.6 Å². The molecule has 0 fully saturated rings. The van der Waals surface area contributed by atoms with Gasteiger partial charge in [-0.1, -0.05) is 6.07 Å². The minimum absolute atomic E-state index is 0.290. The van der Waals surface area contributed by atoms with Gasteiger partial charge in [0.25, 0.3) is 11.8 Å². The molecule has 184 valence electrons. The average Bonchev–Trinajstić information content (AvgIpc) is 2.87. The van der Waals surface area contributed by atoms with Crippen LogP contribution in [0.1, 0.15) is 32.1 Å². The Balaban J connectivity index is 1.39. The van der Waals surface area contributed by atoms with E-state index in [-0.39, 0.29) is 11.8 Å². The van der Waals surface area contributed by atoms with Gasteiger partial charge in [-0.25, -0.2) is 8.78 Å². The van der Waals surface area contributed by atoms with Gasteiger partial charge in [-0.3, -0.25) is 19.6 Å². The molecular formula is C29H22F2N4O2. The Morgan fingerprint density at radius 3 is 1.95 bits per heavy atom. The molecule has 1 N–H and O–H groups in total. The molecule has 0 atom stereocenters. The molecule has 3 aromatic carbocycles. The van der Waals surface area contributed by atoms with E-state index in [2.05, 4.69) is 15.3 Å². The quantitative estimate of drug-likeness (QED) is 0.321. The molecule has 0 radical (unpaired) electrons. The van der Waals surface area contributed by atoms with Crippen LogP contribution in [0.15, 0.2) is 72.8 Å². The highest BCUT2D eigenvalue weighted by atomic mass is 19.1. The first-order chi connectivity index (χ1) is 17.7. The SMILES string of the molecule is Cc1nc2cc(F)ccc2cc1C(=O)Nc1cccc(N(C)C(=O)c2cc3ccc(F)cc3nc2C)c1. The number of hydrogen-bond acceptors (Lipinski definition) is 4. The molecule has 0 aliphatic carbocycles. The number of nitrogens with one attached hydrogen (secondary N) is 1. The van der Waals surface area contributed by atoms with Gasteiger partial charge in [-0.15, -0.1) is 0 Å². The number of amides is 2. The lowest BCUT2D eigenvalue weighted by Gasteiger charge is -2.20. The molecule has 5 aromatic rings. The van der Waals surface area contributed by atoms with Crippen molar-refractivity contribution < 1.29 is 18.4 Å². The van der Waals surface area contributed by atoms with Crippen LogP contribution in [-0.2, 0) is 0 Å². The number of hydrogen-bond donors (Lipinski definition) is 1. The normalized spacial score (nSPS) is 11.1. The largest absolute Gasteiger partial charge is 0.322 e. The third kappa shape index (κ3) is 4.73.